The first-order chi connectivity index (χ1) is 11.6. The first-order valence-corrected chi connectivity index (χ1v) is 9.77. The number of amides is 1. The predicted molar refractivity (Wildman–Crippen MR) is 98.6 cm³/mol. The number of hydrogen-bond donors (Lipinski definition) is 2. The molecule has 1 aromatic rings. The van der Waals surface area contributed by atoms with Crippen molar-refractivity contribution in [3.8, 4) is 0 Å². The van der Waals surface area contributed by atoms with Crippen LogP contribution < -0.4 is 5.32 Å². The standard InChI is InChI=1S/C17H21NO4S2/c1-2-8-22-11-14(16(20)21)18-15(19)12-4-6-13(7-5-12)17-23-9-3-10-24-17/h2,4-7,14,17H,1,3,8-11H2,(H,18,19)(H,20,21). The molecule has 0 saturated carbocycles. The molecule has 5 nitrogen and oxygen atoms in total. The van der Waals surface area contributed by atoms with E-state index >= 15 is 0 Å². The third kappa shape index (κ3) is 5.58. The molecule has 1 saturated heterocycles. The van der Waals surface area contributed by atoms with E-state index in [1.807, 2.05) is 35.7 Å². The molecule has 130 valence electrons. The molecule has 1 atom stereocenters. The first kappa shape index (κ1) is 18.9. The molecule has 1 aliphatic rings. The van der Waals surface area contributed by atoms with Gasteiger partial charge in [0.25, 0.3) is 5.91 Å². The maximum atomic E-state index is 12.2. The molecule has 1 heterocycles. The number of carboxylic acids is 1. The zero-order valence-electron chi connectivity index (χ0n) is 13.3. The number of thioether (sulfide) groups is 2. The number of aliphatic carboxylic acids is 1. The summed E-state index contributed by atoms with van der Waals surface area (Å²) in [6.45, 7) is 3.64. The van der Waals surface area contributed by atoms with Crippen LogP contribution in [0.3, 0.4) is 0 Å². The van der Waals surface area contributed by atoms with Gasteiger partial charge in [-0.3, -0.25) is 4.79 Å². The normalized spacial score (nSPS) is 16.3. The van der Waals surface area contributed by atoms with Crippen LogP contribution in [0.5, 0.6) is 0 Å². The first-order valence-electron chi connectivity index (χ1n) is 7.67. The molecule has 0 spiro atoms. The second kappa shape index (κ2) is 9.76. The van der Waals surface area contributed by atoms with Crippen LogP contribution in [0.1, 0.15) is 26.9 Å². The second-order valence-corrected chi connectivity index (χ2v) is 7.96. The van der Waals surface area contributed by atoms with Gasteiger partial charge in [0, 0.05) is 5.56 Å². The molecule has 24 heavy (non-hydrogen) atoms. The fourth-order valence-electron chi connectivity index (χ4n) is 2.16. The summed E-state index contributed by atoms with van der Waals surface area (Å²) in [7, 11) is 0. The topological polar surface area (TPSA) is 75.6 Å². The van der Waals surface area contributed by atoms with Crippen molar-refractivity contribution in [3.05, 3.63) is 48.0 Å². The lowest BCUT2D eigenvalue weighted by Gasteiger charge is -2.21. The molecular formula is C17H21NO4S2. The van der Waals surface area contributed by atoms with E-state index in [0.717, 1.165) is 11.5 Å². The summed E-state index contributed by atoms with van der Waals surface area (Å²) < 4.78 is 5.53. The van der Waals surface area contributed by atoms with Crippen LogP contribution in [0.15, 0.2) is 36.9 Å². The number of rotatable bonds is 8. The maximum absolute atomic E-state index is 12.2. The van der Waals surface area contributed by atoms with E-state index in [1.165, 1.54) is 18.1 Å². The van der Waals surface area contributed by atoms with Gasteiger partial charge in [0.15, 0.2) is 6.04 Å². The molecule has 1 aliphatic heterocycles. The Morgan fingerprint density at radius 3 is 2.58 bits per heavy atom. The summed E-state index contributed by atoms with van der Waals surface area (Å²) in [5.74, 6) is 0.773. The predicted octanol–water partition coefficient (Wildman–Crippen LogP) is 2.94. The van der Waals surface area contributed by atoms with Crippen molar-refractivity contribution in [1.29, 1.82) is 0 Å². The lowest BCUT2D eigenvalue weighted by molar-refractivity contribution is -0.140. The van der Waals surface area contributed by atoms with Crippen molar-refractivity contribution < 1.29 is 19.4 Å². The van der Waals surface area contributed by atoms with Gasteiger partial charge in [-0.05, 0) is 35.6 Å². The number of ether oxygens (including phenoxy) is 1. The van der Waals surface area contributed by atoms with Gasteiger partial charge in [0.2, 0.25) is 0 Å². The van der Waals surface area contributed by atoms with Crippen LogP contribution in [-0.4, -0.2) is 47.7 Å². The Morgan fingerprint density at radius 1 is 1.33 bits per heavy atom. The molecule has 1 aromatic carbocycles. The Morgan fingerprint density at radius 2 is 2.00 bits per heavy atom. The van der Waals surface area contributed by atoms with Gasteiger partial charge in [0.1, 0.15) is 0 Å². The van der Waals surface area contributed by atoms with Gasteiger partial charge in [-0.1, -0.05) is 18.2 Å². The van der Waals surface area contributed by atoms with Crippen molar-refractivity contribution in [2.24, 2.45) is 0 Å². The van der Waals surface area contributed by atoms with E-state index in [1.54, 1.807) is 12.1 Å². The van der Waals surface area contributed by atoms with Gasteiger partial charge in [-0.25, -0.2) is 4.79 Å². The van der Waals surface area contributed by atoms with E-state index in [9.17, 15) is 9.59 Å². The number of carbonyl (C=O) groups is 2. The smallest absolute Gasteiger partial charge is 0.328 e. The molecular weight excluding hydrogens is 346 g/mol. The van der Waals surface area contributed by atoms with Crippen molar-refractivity contribution in [2.45, 2.75) is 17.0 Å². The summed E-state index contributed by atoms with van der Waals surface area (Å²) in [6.07, 6.45) is 2.76. The van der Waals surface area contributed by atoms with Gasteiger partial charge in [0.05, 0.1) is 17.8 Å². The van der Waals surface area contributed by atoms with Crippen LogP contribution in [0.2, 0.25) is 0 Å². The minimum Gasteiger partial charge on any atom is -0.480 e. The van der Waals surface area contributed by atoms with E-state index in [-0.39, 0.29) is 13.2 Å². The van der Waals surface area contributed by atoms with Gasteiger partial charge in [-0.2, -0.15) is 0 Å². The van der Waals surface area contributed by atoms with Crippen molar-refractivity contribution in [3.63, 3.8) is 0 Å². The summed E-state index contributed by atoms with van der Waals surface area (Å²) in [5.41, 5.74) is 1.63. The Labute approximate surface area is 150 Å². The van der Waals surface area contributed by atoms with Crippen LogP contribution in [-0.2, 0) is 9.53 Å². The van der Waals surface area contributed by atoms with E-state index < -0.39 is 17.9 Å². The molecule has 1 unspecified atom stereocenters. The summed E-state index contributed by atoms with van der Waals surface area (Å²) >= 11 is 3.83. The van der Waals surface area contributed by atoms with Crippen molar-refractivity contribution in [1.82, 2.24) is 5.32 Å². The Balaban J connectivity index is 1.95. The van der Waals surface area contributed by atoms with E-state index in [2.05, 4.69) is 11.9 Å². The van der Waals surface area contributed by atoms with Crippen molar-refractivity contribution in [2.75, 3.05) is 24.7 Å². The third-order valence-corrected chi connectivity index (χ3v) is 6.41. The molecule has 0 radical (unpaired) electrons. The molecule has 0 bridgehead atoms. The summed E-state index contributed by atoms with van der Waals surface area (Å²) in [4.78, 5) is 23.4. The molecule has 2 rings (SSSR count). The number of benzene rings is 1. The number of carboxylic acid groups (broad SMARTS) is 1. The average molecular weight is 367 g/mol. The number of nitrogens with one attached hydrogen (secondary N) is 1. The van der Waals surface area contributed by atoms with Gasteiger partial charge >= 0.3 is 5.97 Å². The summed E-state index contributed by atoms with van der Waals surface area (Å²) in [5, 5.41) is 11.6. The highest BCUT2D eigenvalue weighted by atomic mass is 32.2. The SMILES string of the molecule is C=CCOCC(NC(=O)c1ccc(C2SCCCS2)cc1)C(=O)O. The molecule has 1 amide bonds. The molecule has 0 aromatic heterocycles. The third-order valence-electron chi connectivity index (χ3n) is 3.40. The Kier molecular flexibility index (Phi) is 7.68. The highest BCUT2D eigenvalue weighted by molar-refractivity contribution is 8.16. The van der Waals surface area contributed by atoms with Crippen LogP contribution in [0.4, 0.5) is 0 Å². The molecule has 0 aliphatic carbocycles. The zero-order valence-corrected chi connectivity index (χ0v) is 14.9. The second-order valence-electron chi connectivity index (χ2n) is 5.24. The quantitative estimate of drug-likeness (QED) is 0.543. The number of hydrogen-bond acceptors (Lipinski definition) is 5. The van der Waals surface area contributed by atoms with Crippen LogP contribution in [0.25, 0.3) is 0 Å². The highest BCUT2D eigenvalue weighted by Crippen LogP contribution is 2.43. The Bertz CT molecular complexity index is 570. The molecule has 2 N–H and O–H groups in total. The average Bonchev–Trinajstić information content (AvgIpc) is 2.61. The lowest BCUT2D eigenvalue weighted by atomic mass is 10.1. The van der Waals surface area contributed by atoms with Crippen molar-refractivity contribution >= 4 is 35.4 Å². The summed E-state index contributed by atoms with van der Waals surface area (Å²) in [6, 6.07) is 6.28. The van der Waals surface area contributed by atoms with E-state index in [4.69, 9.17) is 9.84 Å². The van der Waals surface area contributed by atoms with E-state index in [0.29, 0.717) is 10.1 Å². The minimum absolute atomic E-state index is 0.0967. The molecule has 7 heteroatoms. The lowest BCUT2D eigenvalue weighted by Crippen LogP contribution is -2.44. The zero-order chi connectivity index (χ0) is 17.4. The monoisotopic (exact) mass is 367 g/mol. The molecule has 1 fully saturated rings. The maximum Gasteiger partial charge on any atom is 0.328 e. The fourth-order valence-corrected chi connectivity index (χ4v) is 5.05. The van der Waals surface area contributed by atoms with Crippen LogP contribution in [0, 0.1) is 0 Å². The van der Waals surface area contributed by atoms with Gasteiger partial charge < -0.3 is 15.2 Å². The minimum atomic E-state index is -1.13. The largest absolute Gasteiger partial charge is 0.480 e. The van der Waals surface area contributed by atoms with Crippen LogP contribution >= 0.6 is 23.5 Å². The van der Waals surface area contributed by atoms with Gasteiger partial charge in [-0.15, -0.1) is 30.1 Å². The fraction of sp³-hybridized carbons (Fsp3) is 0.412. The highest BCUT2D eigenvalue weighted by Gasteiger charge is 2.21. The number of carbonyl (C=O) groups excluding carboxylic acids is 1. The Hall–Kier alpha value is -1.44.